The number of ether oxygens (including phenoxy) is 1. The number of aryl methyl sites for hydroxylation is 1. The Labute approximate surface area is 105 Å². The Morgan fingerprint density at radius 1 is 1.56 bits per heavy atom. The first kappa shape index (κ1) is 11.1. The Bertz CT molecular complexity index is 546. The number of rotatable bonds is 3. The normalized spacial score (nSPS) is 14.7. The molecular formula is C12H16N4O2. The molecular weight excluding hydrogens is 232 g/mol. The van der Waals surface area contributed by atoms with E-state index < -0.39 is 0 Å². The molecule has 1 aliphatic rings. The number of aromatic amines is 1. The van der Waals surface area contributed by atoms with Gasteiger partial charge in [-0.15, -0.1) is 0 Å². The lowest BCUT2D eigenvalue weighted by molar-refractivity contribution is 0.325. The molecule has 1 aliphatic heterocycles. The molecule has 0 aliphatic carbocycles. The van der Waals surface area contributed by atoms with Crippen LogP contribution < -0.4 is 9.64 Å². The van der Waals surface area contributed by atoms with Crippen molar-refractivity contribution < 1.29 is 9.26 Å². The smallest absolute Gasteiger partial charge is 0.254 e. The molecule has 6 nitrogen and oxygen atoms in total. The summed E-state index contributed by atoms with van der Waals surface area (Å²) >= 11 is 0. The standard InChI is InChI=1S/C12H16N4O2/c1-8-10-4-3-5-16(12(10)14-13-8)7-9-6-11(17-2)15-18-9/h6H,3-5,7H2,1-2H3,(H,13,14). The van der Waals surface area contributed by atoms with Gasteiger partial charge in [0.15, 0.2) is 11.6 Å². The highest BCUT2D eigenvalue weighted by atomic mass is 16.5. The van der Waals surface area contributed by atoms with Crippen LogP contribution >= 0.6 is 0 Å². The highest BCUT2D eigenvalue weighted by molar-refractivity contribution is 5.51. The maximum atomic E-state index is 5.23. The summed E-state index contributed by atoms with van der Waals surface area (Å²) in [6, 6.07) is 1.81. The van der Waals surface area contributed by atoms with Crippen LogP contribution in [-0.4, -0.2) is 29.0 Å². The van der Waals surface area contributed by atoms with Gasteiger partial charge in [0.25, 0.3) is 5.88 Å². The summed E-state index contributed by atoms with van der Waals surface area (Å²) in [7, 11) is 1.58. The van der Waals surface area contributed by atoms with Crippen LogP contribution in [-0.2, 0) is 13.0 Å². The zero-order valence-corrected chi connectivity index (χ0v) is 10.6. The van der Waals surface area contributed by atoms with Crippen molar-refractivity contribution in [1.82, 2.24) is 15.4 Å². The first-order valence-corrected chi connectivity index (χ1v) is 6.06. The molecule has 0 spiro atoms. The van der Waals surface area contributed by atoms with Gasteiger partial charge in [0, 0.05) is 23.9 Å². The van der Waals surface area contributed by atoms with Gasteiger partial charge in [0.05, 0.1) is 13.7 Å². The second-order valence-electron chi connectivity index (χ2n) is 4.51. The largest absolute Gasteiger partial charge is 0.479 e. The van der Waals surface area contributed by atoms with Gasteiger partial charge in [-0.2, -0.15) is 5.10 Å². The third kappa shape index (κ3) is 1.83. The van der Waals surface area contributed by atoms with Crippen LogP contribution in [0.2, 0.25) is 0 Å². The molecule has 0 radical (unpaired) electrons. The summed E-state index contributed by atoms with van der Waals surface area (Å²) in [6.07, 6.45) is 2.23. The molecule has 3 heterocycles. The Morgan fingerprint density at radius 3 is 3.22 bits per heavy atom. The number of fused-ring (bicyclic) bond motifs is 1. The van der Waals surface area contributed by atoms with E-state index in [4.69, 9.17) is 9.26 Å². The highest BCUT2D eigenvalue weighted by Crippen LogP contribution is 2.28. The Morgan fingerprint density at radius 2 is 2.44 bits per heavy atom. The highest BCUT2D eigenvalue weighted by Gasteiger charge is 2.22. The number of aromatic nitrogens is 3. The maximum absolute atomic E-state index is 5.23. The van der Waals surface area contributed by atoms with Crippen molar-refractivity contribution in [3.8, 4) is 5.88 Å². The first-order valence-electron chi connectivity index (χ1n) is 6.06. The monoisotopic (exact) mass is 248 g/mol. The lowest BCUT2D eigenvalue weighted by Gasteiger charge is -2.26. The number of nitrogens with zero attached hydrogens (tertiary/aromatic N) is 3. The van der Waals surface area contributed by atoms with Crippen molar-refractivity contribution in [2.75, 3.05) is 18.6 Å². The van der Waals surface area contributed by atoms with Crippen LogP contribution in [0, 0.1) is 6.92 Å². The molecule has 0 bridgehead atoms. The van der Waals surface area contributed by atoms with Gasteiger partial charge in [0.1, 0.15) is 0 Å². The Hall–Kier alpha value is -1.98. The first-order chi connectivity index (χ1) is 8.78. The van der Waals surface area contributed by atoms with Crippen LogP contribution in [0.15, 0.2) is 10.6 Å². The van der Waals surface area contributed by atoms with Crippen molar-refractivity contribution in [2.45, 2.75) is 26.3 Å². The fourth-order valence-electron chi connectivity index (χ4n) is 2.36. The van der Waals surface area contributed by atoms with Gasteiger partial charge in [-0.05, 0) is 24.9 Å². The van der Waals surface area contributed by atoms with Gasteiger partial charge in [-0.3, -0.25) is 5.10 Å². The third-order valence-electron chi connectivity index (χ3n) is 3.30. The van der Waals surface area contributed by atoms with Gasteiger partial charge in [-0.1, -0.05) is 0 Å². The van der Waals surface area contributed by atoms with Crippen LogP contribution in [0.4, 0.5) is 5.82 Å². The Kier molecular flexibility index (Phi) is 2.70. The Balaban J connectivity index is 1.81. The van der Waals surface area contributed by atoms with E-state index in [9.17, 15) is 0 Å². The van der Waals surface area contributed by atoms with E-state index in [2.05, 4.69) is 27.2 Å². The van der Waals surface area contributed by atoms with Gasteiger partial charge >= 0.3 is 0 Å². The van der Waals surface area contributed by atoms with Crippen molar-refractivity contribution in [1.29, 1.82) is 0 Å². The van der Waals surface area contributed by atoms with Crippen molar-refractivity contribution in [3.63, 3.8) is 0 Å². The van der Waals surface area contributed by atoms with E-state index >= 15 is 0 Å². The maximum Gasteiger partial charge on any atom is 0.254 e. The molecule has 18 heavy (non-hydrogen) atoms. The molecule has 3 rings (SSSR count). The van der Waals surface area contributed by atoms with E-state index in [0.29, 0.717) is 12.4 Å². The molecule has 6 heteroatoms. The molecule has 2 aromatic rings. The summed E-state index contributed by atoms with van der Waals surface area (Å²) < 4.78 is 10.2. The van der Waals surface area contributed by atoms with E-state index in [0.717, 1.165) is 36.7 Å². The van der Waals surface area contributed by atoms with Gasteiger partial charge in [-0.25, -0.2) is 0 Å². The molecule has 1 N–H and O–H groups in total. The zero-order valence-electron chi connectivity index (χ0n) is 10.6. The number of H-pyrrole nitrogens is 1. The summed E-state index contributed by atoms with van der Waals surface area (Å²) in [5.74, 6) is 2.34. The molecule has 0 unspecified atom stereocenters. The fourth-order valence-corrected chi connectivity index (χ4v) is 2.36. The van der Waals surface area contributed by atoms with Crippen molar-refractivity contribution in [3.05, 3.63) is 23.1 Å². The molecule has 96 valence electrons. The minimum Gasteiger partial charge on any atom is -0.479 e. The molecule has 0 fully saturated rings. The summed E-state index contributed by atoms with van der Waals surface area (Å²) in [5.41, 5.74) is 2.47. The minimum absolute atomic E-state index is 0.514. The molecule has 2 aromatic heterocycles. The van der Waals surface area contributed by atoms with E-state index in [1.807, 2.05) is 6.07 Å². The molecule has 0 atom stereocenters. The second-order valence-corrected chi connectivity index (χ2v) is 4.51. The molecule has 0 amide bonds. The van der Waals surface area contributed by atoms with Gasteiger partial charge in [0.2, 0.25) is 0 Å². The van der Waals surface area contributed by atoms with Crippen LogP contribution in [0.1, 0.15) is 23.4 Å². The molecule has 0 saturated carbocycles. The van der Waals surface area contributed by atoms with E-state index in [-0.39, 0.29) is 0 Å². The average Bonchev–Trinajstić information content (AvgIpc) is 2.98. The predicted octanol–water partition coefficient (Wildman–Crippen LogP) is 1.67. The summed E-state index contributed by atoms with van der Waals surface area (Å²) in [4.78, 5) is 2.21. The summed E-state index contributed by atoms with van der Waals surface area (Å²) in [5, 5.41) is 11.2. The SMILES string of the molecule is COc1cc(CN2CCCc3c2n[nH]c3C)on1. The lowest BCUT2D eigenvalue weighted by atomic mass is 10.1. The lowest BCUT2D eigenvalue weighted by Crippen LogP contribution is -2.28. The topological polar surface area (TPSA) is 67.2 Å². The number of hydrogen-bond acceptors (Lipinski definition) is 5. The second kappa shape index (κ2) is 4.36. The number of hydrogen-bond donors (Lipinski definition) is 1. The predicted molar refractivity (Wildman–Crippen MR) is 65.8 cm³/mol. The number of nitrogens with one attached hydrogen (secondary N) is 1. The summed E-state index contributed by atoms with van der Waals surface area (Å²) in [6.45, 7) is 3.72. The average molecular weight is 248 g/mol. The zero-order chi connectivity index (χ0) is 12.5. The van der Waals surface area contributed by atoms with E-state index in [1.165, 1.54) is 5.56 Å². The van der Waals surface area contributed by atoms with Crippen molar-refractivity contribution >= 4 is 5.82 Å². The van der Waals surface area contributed by atoms with E-state index in [1.54, 1.807) is 7.11 Å². The van der Waals surface area contributed by atoms with Gasteiger partial charge < -0.3 is 14.2 Å². The molecule has 0 aromatic carbocycles. The van der Waals surface area contributed by atoms with Crippen LogP contribution in [0.3, 0.4) is 0 Å². The third-order valence-corrected chi connectivity index (χ3v) is 3.30. The number of methoxy groups -OCH3 is 1. The van der Waals surface area contributed by atoms with Crippen LogP contribution in [0.5, 0.6) is 5.88 Å². The number of anilines is 1. The van der Waals surface area contributed by atoms with Crippen molar-refractivity contribution in [2.24, 2.45) is 0 Å². The quantitative estimate of drug-likeness (QED) is 0.894. The molecule has 0 saturated heterocycles. The minimum atomic E-state index is 0.514. The van der Waals surface area contributed by atoms with Crippen LogP contribution in [0.25, 0.3) is 0 Å². The fraction of sp³-hybridized carbons (Fsp3) is 0.500.